The fraction of sp³-hybridized carbons (Fsp3) is 0.800. The van der Waals surface area contributed by atoms with Crippen molar-refractivity contribution in [1.82, 2.24) is 0 Å². The molecule has 0 aromatic carbocycles. The van der Waals surface area contributed by atoms with Crippen molar-refractivity contribution < 1.29 is 0 Å². The molecule has 0 aromatic rings. The first-order valence-electron chi connectivity index (χ1n) is 8.92. The van der Waals surface area contributed by atoms with Crippen molar-refractivity contribution in [2.45, 2.75) is 72.1 Å². The van der Waals surface area contributed by atoms with Crippen LogP contribution in [0.25, 0.3) is 0 Å². The van der Waals surface area contributed by atoms with Crippen molar-refractivity contribution in [2.24, 2.45) is 28.6 Å². The topological polar surface area (TPSA) is 0 Å². The number of hydrogen-bond donors (Lipinski definition) is 0. The van der Waals surface area contributed by atoms with Gasteiger partial charge in [-0.25, -0.2) is 0 Å². The number of hydrogen-bond acceptors (Lipinski definition) is 0. The summed E-state index contributed by atoms with van der Waals surface area (Å²) in [6.07, 6.45) is 16.7. The molecule has 0 spiro atoms. The molecule has 0 nitrogen and oxygen atoms in total. The SMILES string of the molecule is CC1=CCC2C3CC=C4CCCC[C@]4(C)C3CC[C@]12C. The smallest absolute Gasteiger partial charge is 0.00850 e. The summed E-state index contributed by atoms with van der Waals surface area (Å²) in [4.78, 5) is 0. The van der Waals surface area contributed by atoms with E-state index in [1.54, 1.807) is 5.57 Å². The van der Waals surface area contributed by atoms with E-state index in [9.17, 15) is 0 Å². The molecular weight excluding hydrogens is 240 g/mol. The molecule has 2 saturated carbocycles. The molecule has 0 aliphatic heterocycles. The quantitative estimate of drug-likeness (QED) is 0.481. The summed E-state index contributed by atoms with van der Waals surface area (Å²) < 4.78 is 0. The molecule has 0 saturated heterocycles. The van der Waals surface area contributed by atoms with Gasteiger partial charge in [-0.05, 0) is 80.5 Å². The van der Waals surface area contributed by atoms with E-state index in [2.05, 4.69) is 32.9 Å². The zero-order chi connectivity index (χ0) is 14.0. The lowest BCUT2D eigenvalue weighted by atomic mass is 9.47. The Balaban J connectivity index is 1.70. The van der Waals surface area contributed by atoms with Crippen LogP contribution in [0.1, 0.15) is 72.1 Å². The lowest BCUT2D eigenvalue weighted by Crippen LogP contribution is -2.48. The van der Waals surface area contributed by atoms with E-state index in [0.29, 0.717) is 10.8 Å². The number of allylic oxidation sites excluding steroid dienone is 4. The summed E-state index contributed by atoms with van der Waals surface area (Å²) in [6, 6.07) is 0. The van der Waals surface area contributed by atoms with Gasteiger partial charge in [0.25, 0.3) is 0 Å². The molecule has 0 N–H and O–H groups in total. The Morgan fingerprint density at radius 1 is 0.950 bits per heavy atom. The van der Waals surface area contributed by atoms with E-state index < -0.39 is 0 Å². The molecule has 0 radical (unpaired) electrons. The molecule has 0 bridgehead atoms. The van der Waals surface area contributed by atoms with Crippen LogP contribution in [-0.2, 0) is 0 Å². The Hall–Kier alpha value is -0.520. The molecule has 0 aromatic heterocycles. The van der Waals surface area contributed by atoms with Crippen LogP contribution < -0.4 is 0 Å². The first kappa shape index (κ1) is 13.2. The van der Waals surface area contributed by atoms with Crippen LogP contribution in [0.3, 0.4) is 0 Å². The zero-order valence-electron chi connectivity index (χ0n) is 13.5. The van der Waals surface area contributed by atoms with E-state index in [-0.39, 0.29) is 0 Å². The predicted octanol–water partition coefficient (Wildman–Crippen LogP) is 5.90. The molecule has 4 aliphatic carbocycles. The first-order chi connectivity index (χ1) is 9.56. The third-order valence-electron chi connectivity index (χ3n) is 7.99. The molecule has 0 heterocycles. The largest absolute Gasteiger partial charge is 0.0847 e. The third-order valence-corrected chi connectivity index (χ3v) is 7.99. The molecule has 110 valence electrons. The van der Waals surface area contributed by atoms with Crippen LogP contribution in [0.2, 0.25) is 0 Å². The molecule has 3 unspecified atom stereocenters. The van der Waals surface area contributed by atoms with E-state index >= 15 is 0 Å². The van der Waals surface area contributed by atoms with E-state index in [1.165, 1.54) is 51.4 Å². The van der Waals surface area contributed by atoms with Gasteiger partial charge in [-0.3, -0.25) is 0 Å². The average Bonchev–Trinajstić information content (AvgIpc) is 2.74. The van der Waals surface area contributed by atoms with Gasteiger partial charge >= 0.3 is 0 Å². The minimum absolute atomic E-state index is 0.539. The van der Waals surface area contributed by atoms with Gasteiger partial charge in [0.2, 0.25) is 0 Å². The van der Waals surface area contributed by atoms with Crippen LogP contribution in [0, 0.1) is 28.6 Å². The highest BCUT2D eigenvalue weighted by Gasteiger charge is 2.55. The number of rotatable bonds is 0. The van der Waals surface area contributed by atoms with Gasteiger partial charge in [-0.2, -0.15) is 0 Å². The summed E-state index contributed by atoms with van der Waals surface area (Å²) in [7, 11) is 0. The monoisotopic (exact) mass is 270 g/mol. The molecule has 4 aliphatic rings. The summed E-state index contributed by atoms with van der Waals surface area (Å²) in [5.41, 5.74) is 4.65. The maximum Gasteiger partial charge on any atom is -0.00850 e. The summed E-state index contributed by atoms with van der Waals surface area (Å²) in [5, 5.41) is 0. The normalized spacial score (nSPS) is 50.6. The van der Waals surface area contributed by atoms with Crippen molar-refractivity contribution in [1.29, 1.82) is 0 Å². The summed E-state index contributed by atoms with van der Waals surface area (Å²) in [5.74, 6) is 2.90. The number of fused-ring (bicyclic) bond motifs is 5. The Kier molecular flexibility index (Phi) is 2.79. The van der Waals surface area contributed by atoms with Gasteiger partial charge in [0.1, 0.15) is 0 Å². The minimum atomic E-state index is 0.539. The highest BCUT2D eigenvalue weighted by molar-refractivity contribution is 5.28. The second-order valence-electron chi connectivity index (χ2n) is 8.55. The van der Waals surface area contributed by atoms with Gasteiger partial charge in [0.15, 0.2) is 0 Å². The highest BCUT2D eigenvalue weighted by atomic mass is 14.6. The van der Waals surface area contributed by atoms with Gasteiger partial charge in [-0.1, -0.05) is 43.6 Å². The molecule has 20 heavy (non-hydrogen) atoms. The van der Waals surface area contributed by atoms with Gasteiger partial charge in [0, 0.05) is 0 Å². The maximum absolute atomic E-state index is 2.68. The molecule has 4 rings (SSSR count). The van der Waals surface area contributed by atoms with Crippen LogP contribution in [0.5, 0.6) is 0 Å². The van der Waals surface area contributed by atoms with Crippen molar-refractivity contribution >= 4 is 0 Å². The van der Waals surface area contributed by atoms with Gasteiger partial charge in [0.05, 0.1) is 0 Å². The van der Waals surface area contributed by atoms with Gasteiger partial charge in [-0.15, -0.1) is 0 Å². The highest BCUT2D eigenvalue weighted by Crippen LogP contribution is 2.64. The lowest BCUT2D eigenvalue weighted by molar-refractivity contribution is -0.0166. The molecule has 0 amide bonds. The molecule has 2 fully saturated rings. The molecule has 5 atom stereocenters. The lowest BCUT2D eigenvalue weighted by Gasteiger charge is -2.57. The van der Waals surface area contributed by atoms with Crippen molar-refractivity contribution in [3.63, 3.8) is 0 Å². The standard InChI is InChI=1S/C20H30/c1-14-7-10-17-16-9-8-15-6-4-5-12-20(15,3)18(16)11-13-19(14,17)2/h7-8,16-18H,4-6,9-13H2,1-3H3/t16?,17?,18?,19-,20+/m1/s1. The summed E-state index contributed by atoms with van der Waals surface area (Å²) in [6.45, 7) is 7.58. The third kappa shape index (κ3) is 1.54. The maximum atomic E-state index is 2.68. The van der Waals surface area contributed by atoms with E-state index in [4.69, 9.17) is 0 Å². The summed E-state index contributed by atoms with van der Waals surface area (Å²) >= 11 is 0. The van der Waals surface area contributed by atoms with Gasteiger partial charge < -0.3 is 0 Å². The van der Waals surface area contributed by atoms with Crippen molar-refractivity contribution in [3.8, 4) is 0 Å². The Morgan fingerprint density at radius 2 is 1.80 bits per heavy atom. The first-order valence-corrected chi connectivity index (χ1v) is 8.92. The van der Waals surface area contributed by atoms with E-state index in [1.807, 2.05) is 5.57 Å². The molecular formula is C20H30. The zero-order valence-corrected chi connectivity index (χ0v) is 13.5. The minimum Gasteiger partial charge on any atom is -0.0847 e. The predicted molar refractivity (Wildman–Crippen MR) is 85.5 cm³/mol. The Morgan fingerprint density at radius 3 is 2.65 bits per heavy atom. The van der Waals surface area contributed by atoms with Crippen LogP contribution in [0.15, 0.2) is 23.3 Å². The fourth-order valence-electron chi connectivity index (χ4n) is 6.48. The van der Waals surface area contributed by atoms with Crippen molar-refractivity contribution in [3.05, 3.63) is 23.3 Å². The van der Waals surface area contributed by atoms with Crippen molar-refractivity contribution in [2.75, 3.05) is 0 Å². The molecule has 0 heteroatoms. The van der Waals surface area contributed by atoms with E-state index in [0.717, 1.165) is 17.8 Å². The fourth-order valence-corrected chi connectivity index (χ4v) is 6.48. The van der Waals surface area contributed by atoms with Crippen LogP contribution in [0.4, 0.5) is 0 Å². The average molecular weight is 270 g/mol. The Bertz CT molecular complexity index is 482. The second-order valence-corrected chi connectivity index (χ2v) is 8.55. The Labute approximate surface area is 124 Å². The second kappa shape index (κ2) is 4.24. The van der Waals surface area contributed by atoms with Crippen LogP contribution in [-0.4, -0.2) is 0 Å². The van der Waals surface area contributed by atoms with Crippen LogP contribution >= 0.6 is 0 Å².